The van der Waals surface area contributed by atoms with Crippen LogP contribution in [0.25, 0.3) is 0 Å². The molecule has 3 unspecified atom stereocenters. The minimum absolute atomic E-state index is 0.284. The highest BCUT2D eigenvalue weighted by Crippen LogP contribution is 2.56. The van der Waals surface area contributed by atoms with Gasteiger partial charge in [0.05, 0.1) is 0 Å². The molecular weight excluding hydrogens is 308 g/mol. The highest BCUT2D eigenvalue weighted by Gasteiger charge is 2.55. The average molecular weight is 338 g/mol. The maximum atomic E-state index is 11.8. The smallest absolute Gasteiger partial charge is 0.248 e. The molecule has 1 aromatic carbocycles. The van der Waals surface area contributed by atoms with Gasteiger partial charge in [-0.2, -0.15) is 0 Å². The largest absolute Gasteiger partial charge is 0.366 e. The van der Waals surface area contributed by atoms with E-state index in [2.05, 4.69) is 24.0 Å². The molecule has 5 rings (SSSR count). The van der Waals surface area contributed by atoms with E-state index in [9.17, 15) is 4.79 Å². The number of piperidine rings is 1. The molecule has 2 bridgehead atoms. The minimum atomic E-state index is -0.284. The Morgan fingerprint density at radius 2 is 2.08 bits per heavy atom. The van der Waals surface area contributed by atoms with Gasteiger partial charge in [0.25, 0.3) is 0 Å². The first-order chi connectivity index (χ1) is 12.1. The summed E-state index contributed by atoms with van der Waals surface area (Å²) in [6.45, 7) is 3.71. The van der Waals surface area contributed by atoms with E-state index in [1.807, 2.05) is 6.07 Å². The van der Waals surface area contributed by atoms with Crippen LogP contribution in [0, 0.1) is 11.8 Å². The maximum absolute atomic E-state index is 11.8. The summed E-state index contributed by atoms with van der Waals surface area (Å²) in [5.41, 5.74) is 9.56. The van der Waals surface area contributed by atoms with Gasteiger partial charge in [0, 0.05) is 23.1 Å². The Hall–Kier alpha value is -1.35. The second-order valence-corrected chi connectivity index (χ2v) is 9.08. The van der Waals surface area contributed by atoms with Crippen LogP contribution in [0.2, 0.25) is 0 Å². The van der Waals surface area contributed by atoms with Crippen LogP contribution >= 0.6 is 0 Å². The third-order valence-corrected chi connectivity index (χ3v) is 7.99. The lowest BCUT2D eigenvalue weighted by molar-refractivity contribution is -0.0343. The number of hydrogen-bond acceptors (Lipinski definition) is 2. The number of rotatable bonds is 3. The molecule has 1 aliphatic heterocycles. The highest BCUT2D eigenvalue weighted by atomic mass is 16.1. The summed E-state index contributed by atoms with van der Waals surface area (Å²) < 4.78 is 0. The predicted octanol–water partition coefficient (Wildman–Crippen LogP) is 3.64. The van der Waals surface area contributed by atoms with Gasteiger partial charge in [0.15, 0.2) is 0 Å². The normalized spacial score (nSPS) is 35.6. The number of fused-ring (bicyclic) bond motifs is 1. The van der Waals surface area contributed by atoms with E-state index in [1.165, 1.54) is 62.6 Å². The molecule has 0 radical (unpaired) electrons. The molecular formula is C22H30N2O. The van der Waals surface area contributed by atoms with Crippen LogP contribution in [-0.2, 0) is 11.8 Å². The summed E-state index contributed by atoms with van der Waals surface area (Å²) in [6.07, 6.45) is 10.7. The molecule has 1 saturated heterocycles. The van der Waals surface area contributed by atoms with Crippen molar-refractivity contribution in [1.29, 1.82) is 0 Å². The summed E-state index contributed by atoms with van der Waals surface area (Å²) in [5.74, 6) is 1.43. The zero-order valence-corrected chi connectivity index (χ0v) is 15.3. The van der Waals surface area contributed by atoms with Gasteiger partial charge in [-0.05, 0) is 87.1 Å². The quantitative estimate of drug-likeness (QED) is 0.914. The molecule has 2 N–H and O–H groups in total. The summed E-state index contributed by atoms with van der Waals surface area (Å²) in [4.78, 5) is 14.6. The number of primary amides is 1. The van der Waals surface area contributed by atoms with Crippen LogP contribution < -0.4 is 5.73 Å². The zero-order valence-electron chi connectivity index (χ0n) is 15.3. The Labute approximate surface area is 151 Å². The lowest BCUT2D eigenvalue weighted by Crippen LogP contribution is -2.63. The van der Waals surface area contributed by atoms with Crippen LogP contribution in [-0.4, -0.2) is 29.4 Å². The first-order valence-electron chi connectivity index (χ1n) is 10.3. The fourth-order valence-electron chi connectivity index (χ4n) is 6.54. The fraction of sp³-hybridized carbons (Fsp3) is 0.682. The zero-order chi connectivity index (χ0) is 17.2. The van der Waals surface area contributed by atoms with Crippen molar-refractivity contribution in [3.05, 3.63) is 34.9 Å². The molecule has 4 atom stereocenters. The maximum Gasteiger partial charge on any atom is 0.248 e. The number of nitrogens with zero attached hydrogens (tertiary/aromatic N) is 1. The van der Waals surface area contributed by atoms with Crippen LogP contribution in [0.4, 0.5) is 0 Å². The topological polar surface area (TPSA) is 46.3 Å². The summed E-state index contributed by atoms with van der Waals surface area (Å²) >= 11 is 0. The predicted molar refractivity (Wildman–Crippen MR) is 99.6 cm³/mol. The van der Waals surface area contributed by atoms with Gasteiger partial charge >= 0.3 is 0 Å². The molecule has 1 heterocycles. The van der Waals surface area contributed by atoms with Crippen molar-refractivity contribution in [3.8, 4) is 0 Å². The van der Waals surface area contributed by atoms with Gasteiger partial charge in [-0.25, -0.2) is 0 Å². The van der Waals surface area contributed by atoms with E-state index >= 15 is 0 Å². The van der Waals surface area contributed by atoms with Gasteiger partial charge in [-0.3, -0.25) is 9.69 Å². The standard InChI is InChI=1S/C22H30N2O/c1-14(15-5-6-15)24-11-10-22-9-3-2-4-18(22)20(24)13-16-7-8-17(21(23)25)12-19(16)22/h7-8,12,14-15,18,20H,2-6,9-11,13H2,1H3,(H2,23,25)/t14-,18?,20?,22?/m0/s1. The molecule has 3 fully saturated rings. The van der Waals surface area contributed by atoms with Crippen molar-refractivity contribution < 1.29 is 4.79 Å². The fourth-order valence-corrected chi connectivity index (χ4v) is 6.54. The number of carbonyl (C=O) groups is 1. The number of likely N-dealkylation sites (tertiary alicyclic amines) is 1. The Morgan fingerprint density at radius 1 is 1.24 bits per heavy atom. The third kappa shape index (κ3) is 2.31. The van der Waals surface area contributed by atoms with Crippen LogP contribution in [0.1, 0.15) is 73.4 Å². The van der Waals surface area contributed by atoms with Crippen molar-refractivity contribution in [1.82, 2.24) is 4.90 Å². The lowest BCUT2D eigenvalue weighted by atomic mass is 9.52. The van der Waals surface area contributed by atoms with E-state index in [0.29, 0.717) is 17.0 Å². The summed E-state index contributed by atoms with van der Waals surface area (Å²) in [7, 11) is 0. The van der Waals surface area contributed by atoms with E-state index in [1.54, 1.807) is 0 Å². The second-order valence-electron chi connectivity index (χ2n) is 9.08. The molecule has 3 nitrogen and oxygen atoms in total. The molecule has 3 heteroatoms. The van der Waals surface area contributed by atoms with Crippen LogP contribution in [0.15, 0.2) is 18.2 Å². The van der Waals surface area contributed by atoms with Gasteiger partial charge in [0.1, 0.15) is 0 Å². The Balaban J connectivity index is 1.59. The number of hydrogen-bond donors (Lipinski definition) is 1. The van der Waals surface area contributed by atoms with Crippen molar-refractivity contribution in [2.45, 2.75) is 75.8 Å². The van der Waals surface area contributed by atoms with Crippen LogP contribution in [0.5, 0.6) is 0 Å². The first-order valence-corrected chi connectivity index (χ1v) is 10.3. The molecule has 25 heavy (non-hydrogen) atoms. The van der Waals surface area contributed by atoms with Gasteiger partial charge < -0.3 is 5.73 Å². The summed E-state index contributed by atoms with van der Waals surface area (Å²) in [6, 6.07) is 7.77. The molecule has 1 amide bonds. The second kappa shape index (κ2) is 5.57. The summed E-state index contributed by atoms with van der Waals surface area (Å²) in [5, 5.41) is 0. The third-order valence-electron chi connectivity index (χ3n) is 7.99. The van der Waals surface area contributed by atoms with Crippen molar-refractivity contribution in [2.75, 3.05) is 6.54 Å². The Bertz CT molecular complexity index is 710. The number of nitrogens with two attached hydrogens (primary N) is 1. The van der Waals surface area contributed by atoms with Gasteiger partial charge in [-0.1, -0.05) is 18.9 Å². The number of carbonyl (C=O) groups excluding carboxylic acids is 1. The molecule has 0 spiro atoms. The highest BCUT2D eigenvalue weighted by molar-refractivity contribution is 5.93. The Kier molecular flexibility index (Phi) is 3.54. The monoisotopic (exact) mass is 338 g/mol. The van der Waals surface area contributed by atoms with E-state index in [4.69, 9.17) is 5.73 Å². The van der Waals surface area contributed by atoms with Crippen molar-refractivity contribution in [3.63, 3.8) is 0 Å². The molecule has 134 valence electrons. The van der Waals surface area contributed by atoms with Crippen LogP contribution in [0.3, 0.4) is 0 Å². The number of benzene rings is 1. The minimum Gasteiger partial charge on any atom is -0.366 e. The first kappa shape index (κ1) is 15.9. The number of amides is 1. The van der Waals surface area contributed by atoms with Gasteiger partial charge in [0.2, 0.25) is 5.91 Å². The molecule has 3 aliphatic carbocycles. The molecule has 4 aliphatic rings. The van der Waals surface area contributed by atoms with E-state index in [0.717, 1.165) is 24.3 Å². The van der Waals surface area contributed by atoms with Crippen molar-refractivity contribution in [2.24, 2.45) is 17.6 Å². The molecule has 2 saturated carbocycles. The van der Waals surface area contributed by atoms with E-state index in [-0.39, 0.29) is 5.91 Å². The SMILES string of the molecule is C[C@@H](C1CC1)N1CCC23CCCCC2C1Cc1ccc(C(N)=O)cc13. The van der Waals surface area contributed by atoms with Crippen molar-refractivity contribution >= 4 is 5.91 Å². The average Bonchev–Trinajstić information content (AvgIpc) is 3.46. The lowest BCUT2D eigenvalue weighted by Gasteiger charge is -2.60. The van der Waals surface area contributed by atoms with E-state index < -0.39 is 0 Å². The van der Waals surface area contributed by atoms with Gasteiger partial charge in [-0.15, -0.1) is 0 Å². The molecule has 0 aromatic heterocycles. The Morgan fingerprint density at radius 3 is 2.84 bits per heavy atom. The molecule has 1 aromatic rings.